The monoisotopic (exact) mass is 460 g/mol. The molecule has 1 amide bonds. The van der Waals surface area contributed by atoms with E-state index in [0.29, 0.717) is 25.5 Å². The third-order valence-corrected chi connectivity index (χ3v) is 7.06. The summed E-state index contributed by atoms with van der Waals surface area (Å²) in [5.74, 6) is 1.23. The highest BCUT2D eigenvalue weighted by Gasteiger charge is 2.31. The number of amides is 1. The van der Waals surface area contributed by atoms with Crippen molar-refractivity contribution < 1.29 is 9.53 Å². The van der Waals surface area contributed by atoms with Gasteiger partial charge in [-0.15, -0.1) is 0 Å². The van der Waals surface area contributed by atoms with Gasteiger partial charge in [0.1, 0.15) is 5.75 Å². The van der Waals surface area contributed by atoms with E-state index < -0.39 is 0 Å². The van der Waals surface area contributed by atoms with E-state index in [0.717, 1.165) is 27.5 Å². The number of ether oxygens (including phenoxy) is 1. The zero-order valence-corrected chi connectivity index (χ0v) is 20.6. The van der Waals surface area contributed by atoms with Gasteiger partial charge in [-0.2, -0.15) is 0 Å². The van der Waals surface area contributed by atoms with Gasteiger partial charge < -0.3 is 9.64 Å². The number of fused-ring (bicyclic) bond motifs is 1. The second-order valence-corrected chi connectivity index (χ2v) is 10.1. The van der Waals surface area contributed by atoms with Gasteiger partial charge in [0.2, 0.25) is 5.91 Å². The van der Waals surface area contributed by atoms with E-state index in [9.17, 15) is 4.79 Å². The molecule has 3 aromatic rings. The first-order chi connectivity index (χ1) is 15.9. The van der Waals surface area contributed by atoms with Gasteiger partial charge in [0, 0.05) is 30.2 Å². The number of carbonyl (C=O) groups excluding carboxylic acids is 1. The van der Waals surface area contributed by atoms with Gasteiger partial charge in [0.25, 0.3) is 0 Å². The molecule has 4 rings (SSSR count). The van der Waals surface area contributed by atoms with Gasteiger partial charge in [-0.1, -0.05) is 56.3 Å². The molecule has 4 nitrogen and oxygen atoms in total. The van der Waals surface area contributed by atoms with Crippen molar-refractivity contribution >= 4 is 23.5 Å². The van der Waals surface area contributed by atoms with Gasteiger partial charge in [-0.3, -0.25) is 9.10 Å². The molecule has 0 spiro atoms. The Labute approximate surface area is 201 Å². The normalized spacial score (nSPS) is 15.0. The highest BCUT2D eigenvalue weighted by atomic mass is 32.2. The van der Waals surface area contributed by atoms with E-state index in [4.69, 9.17) is 4.74 Å². The molecule has 0 fully saturated rings. The summed E-state index contributed by atoms with van der Waals surface area (Å²) in [7, 11) is 4.06. The zero-order chi connectivity index (χ0) is 23.4. The first-order valence-corrected chi connectivity index (χ1v) is 12.3. The summed E-state index contributed by atoms with van der Waals surface area (Å²) in [5, 5.41) is 0. The van der Waals surface area contributed by atoms with Crippen molar-refractivity contribution in [3.05, 3.63) is 89.5 Å². The van der Waals surface area contributed by atoms with Gasteiger partial charge in [0.05, 0.1) is 19.1 Å². The van der Waals surface area contributed by atoms with Crippen molar-refractivity contribution in [3.63, 3.8) is 0 Å². The molecule has 1 heterocycles. The fraction of sp³-hybridized carbons (Fsp3) is 0.321. The van der Waals surface area contributed by atoms with Gasteiger partial charge in [0.15, 0.2) is 0 Å². The summed E-state index contributed by atoms with van der Waals surface area (Å²) in [6, 6.07) is 24.9. The molecular weight excluding hydrogens is 428 g/mol. The molecule has 0 radical (unpaired) electrons. The van der Waals surface area contributed by atoms with Gasteiger partial charge in [-0.25, -0.2) is 0 Å². The SMILES string of the molecule is CC(C)c1ccc(SN(Cc2ccc(N(C)C)cc2)C(=O)C2CCOc3ccccc32)cc1. The van der Waals surface area contributed by atoms with E-state index in [2.05, 4.69) is 67.3 Å². The Kier molecular flexibility index (Phi) is 7.29. The fourth-order valence-corrected chi connectivity index (χ4v) is 4.98. The van der Waals surface area contributed by atoms with Crippen LogP contribution >= 0.6 is 11.9 Å². The molecule has 1 aliphatic heterocycles. The minimum absolute atomic E-state index is 0.125. The lowest BCUT2D eigenvalue weighted by atomic mass is 9.92. The number of nitrogens with zero attached hydrogens (tertiary/aromatic N) is 2. The highest BCUT2D eigenvalue weighted by Crippen LogP contribution is 2.37. The largest absolute Gasteiger partial charge is 0.493 e. The number of carbonyl (C=O) groups is 1. The second-order valence-electron chi connectivity index (χ2n) is 8.98. The topological polar surface area (TPSA) is 32.8 Å². The van der Waals surface area contributed by atoms with Crippen LogP contribution in [0.15, 0.2) is 77.7 Å². The summed E-state index contributed by atoms with van der Waals surface area (Å²) in [4.78, 5) is 17.0. The number of para-hydroxylation sites is 1. The maximum atomic E-state index is 13.9. The Bertz CT molecular complexity index is 1020. The second kappa shape index (κ2) is 10.3. The summed E-state index contributed by atoms with van der Waals surface area (Å²) < 4.78 is 7.73. The van der Waals surface area contributed by atoms with Crippen molar-refractivity contribution in [2.45, 2.75) is 43.5 Å². The van der Waals surface area contributed by atoms with E-state index in [-0.39, 0.29) is 11.8 Å². The molecule has 172 valence electrons. The highest BCUT2D eigenvalue weighted by molar-refractivity contribution is 7.97. The number of hydrogen-bond donors (Lipinski definition) is 0. The quantitative estimate of drug-likeness (QED) is 0.378. The standard InChI is InChI=1S/C28H32N2O2S/c1-20(2)22-11-15-24(16-12-22)33-30(19-21-9-13-23(14-10-21)29(3)4)28(31)26-17-18-32-27-8-6-5-7-25(26)27/h5-16,20,26H,17-19H2,1-4H3. The first kappa shape index (κ1) is 23.2. The van der Waals surface area contributed by atoms with Crippen LogP contribution in [0, 0.1) is 0 Å². The molecule has 0 saturated heterocycles. The van der Waals surface area contributed by atoms with Crippen LogP contribution in [0.5, 0.6) is 5.75 Å². The summed E-state index contributed by atoms with van der Waals surface area (Å²) in [6.07, 6.45) is 0.693. The van der Waals surface area contributed by atoms with Crippen molar-refractivity contribution in [1.29, 1.82) is 0 Å². The third-order valence-electron chi connectivity index (χ3n) is 6.04. The molecule has 1 unspecified atom stereocenters. The Morgan fingerprint density at radius 3 is 2.36 bits per heavy atom. The molecule has 3 aromatic carbocycles. The van der Waals surface area contributed by atoms with Crippen LogP contribution < -0.4 is 9.64 Å². The van der Waals surface area contributed by atoms with Crippen LogP contribution in [0.4, 0.5) is 5.69 Å². The van der Waals surface area contributed by atoms with Crippen LogP contribution in [-0.4, -0.2) is 30.9 Å². The van der Waals surface area contributed by atoms with Gasteiger partial charge >= 0.3 is 0 Å². The lowest BCUT2D eigenvalue weighted by Gasteiger charge is -2.30. The maximum Gasteiger partial charge on any atom is 0.240 e. The zero-order valence-electron chi connectivity index (χ0n) is 19.8. The van der Waals surface area contributed by atoms with E-state index in [1.165, 1.54) is 17.5 Å². The molecule has 5 heteroatoms. The number of benzene rings is 3. The van der Waals surface area contributed by atoms with Crippen LogP contribution in [0.2, 0.25) is 0 Å². The van der Waals surface area contributed by atoms with Crippen LogP contribution in [0.25, 0.3) is 0 Å². The average molecular weight is 461 g/mol. The molecule has 1 atom stereocenters. The number of anilines is 1. The average Bonchev–Trinajstić information content (AvgIpc) is 2.83. The van der Waals surface area contributed by atoms with E-state index in [1.54, 1.807) is 0 Å². The lowest BCUT2D eigenvalue weighted by Crippen LogP contribution is -2.32. The van der Waals surface area contributed by atoms with Gasteiger partial charge in [-0.05, 0) is 65.7 Å². The van der Waals surface area contributed by atoms with Crippen LogP contribution in [-0.2, 0) is 11.3 Å². The van der Waals surface area contributed by atoms with E-state index >= 15 is 0 Å². The molecule has 0 bridgehead atoms. The Morgan fingerprint density at radius 1 is 1.00 bits per heavy atom. The molecule has 0 aliphatic carbocycles. The van der Waals surface area contributed by atoms with E-state index in [1.807, 2.05) is 42.7 Å². The van der Waals surface area contributed by atoms with Crippen molar-refractivity contribution in [2.24, 2.45) is 0 Å². The maximum absolute atomic E-state index is 13.9. The first-order valence-electron chi connectivity index (χ1n) is 11.5. The van der Waals surface area contributed by atoms with Crippen LogP contribution in [0.1, 0.15) is 48.8 Å². The molecule has 0 N–H and O–H groups in total. The smallest absolute Gasteiger partial charge is 0.240 e. The molecule has 33 heavy (non-hydrogen) atoms. The molecule has 0 aromatic heterocycles. The Balaban J connectivity index is 1.61. The lowest BCUT2D eigenvalue weighted by molar-refractivity contribution is -0.128. The molecule has 1 aliphatic rings. The minimum atomic E-state index is -0.196. The Morgan fingerprint density at radius 2 is 1.70 bits per heavy atom. The number of hydrogen-bond acceptors (Lipinski definition) is 4. The number of rotatable bonds is 7. The summed E-state index contributed by atoms with van der Waals surface area (Å²) in [5.41, 5.74) is 4.54. The minimum Gasteiger partial charge on any atom is -0.493 e. The van der Waals surface area contributed by atoms with Crippen molar-refractivity contribution in [2.75, 3.05) is 25.6 Å². The fourth-order valence-electron chi connectivity index (χ4n) is 4.03. The predicted molar refractivity (Wildman–Crippen MR) is 137 cm³/mol. The van der Waals surface area contributed by atoms with Crippen LogP contribution in [0.3, 0.4) is 0 Å². The van der Waals surface area contributed by atoms with Crippen molar-refractivity contribution in [3.8, 4) is 5.75 Å². The Hall–Kier alpha value is -2.92. The summed E-state index contributed by atoms with van der Waals surface area (Å²) in [6.45, 7) is 5.49. The molecule has 0 saturated carbocycles. The van der Waals surface area contributed by atoms with Crippen molar-refractivity contribution in [1.82, 2.24) is 4.31 Å². The summed E-state index contributed by atoms with van der Waals surface area (Å²) >= 11 is 1.52. The third kappa shape index (κ3) is 5.53. The molecular formula is C28H32N2O2S. The predicted octanol–water partition coefficient (Wildman–Crippen LogP) is 6.48.